The Kier molecular flexibility index (Phi) is 5.05. The van der Waals surface area contributed by atoms with E-state index in [1.165, 1.54) is 0 Å². The van der Waals surface area contributed by atoms with Crippen molar-refractivity contribution in [2.45, 2.75) is 57.0 Å². The molecule has 1 amide bonds. The Balaban J connectivity index is 1.55. The van der Waals surface area contributed by atoms with Crippen molar-refractivity contribution in [2.24, 2.45) is 0 Å². The molecule has 1 atom stereocenters. The summed E-state index contributed by atoms with van der Waals surface area (Å²) >= 11 is 0. The standard InChI is InChI=1S/C20H29N3O3S/c21-18-8-3-9-19-17(18)7-4-11-22(19)13-20(24)23(15-5-1-2-6-15)16-10-12-27(25,26)14-16/h3,8-9,15-16H,1-2,4-7,10-14,21H2. The lowest BCUT2D eigenvalue weighted by molar-refractivity contribution is -0.134. The SMILES string of the molecule is Nc1cccc2c1CCCN2CC(=O)N(C1CCCC1)C1CCS(=O)(=O)C1. The van der Waals surface area contributed by atoms with Gasteiger partial charge in [-0.15, -0.1) is 0 Å². The van der Waals surface area contributed by atoms with Crippen LogP contribution in [0.5, 0.6) is 0 Å². The van der Waals surface area contributed by atoms with E-state index >= 15 is 0 Å². The molecule has 0 spiro atoms. The topological polar surface area (TPSA) is 83.7 Å². The molecule has 1 aliphatic carbocycles. The first-order valence-electron chi connectivity index (χ1n) is 10.1. The maximum Gasteiger partial charge on any atom is 0.242 e. The van der Waals surface area contributed by atoms with E-state index in [2.05, 4.69) is 4.90 Å². The van der Waals surface area contributed by atoms with Gasteiger partial charge in [-0.1, -0.05) is 18.9 Å². The second-order valence-electron chi connectivity index (χ2n) is 8.17. The Hall–Kier alpha value is -1.76. The molecular formula is C20H29N3O3S. The van der Waals surface area contributed by atoms with Crippen LogP contribution in [-0.4, -0.2) is 55.9 Å². The average Bonchev–Trinajstić information content (AvgIpc) is 3.26. The number of carbonyl (C=O) groups excluding carboxylic acids is 1. The Morgan fingerprint density at radius 3 is 2.63 bits per heavy atom. The molecule has 1 saturated carbocycles. The second kappa shape index (κ2) is 7.34. The summed E-state index contributed by atoms with van der Waals surface area (Å²) in [7, 11) is -3.01. The van der Waals surface area contributed by atoms with E-state index in [4.69, 9.17) is 5.73 Å². The summed E-state index contributed by atoms with van der Waals surface area (Å²) in [5.74, 6) is 0.398. The number of hydrogen-bond acceptors (Lipinski definition) is 5. The van der Waals surface area contributed by atoms with Crippen LogP contribution in [-0.2, 0) is 21.1 Å². The molecule has 148 valence electrons. The smallest absolute Gasteiger partial charge is 0.242 e. The summed E-state index contributed by atoms with van der Waals surface area (Å²) in [6, 6.07) is 5.93. The number of hydrogen-bond donors (Lipinski definition) is 1. The predicted octanol–water partition coefficient (Wildman–Crippen LogP) is 1.98. The number of sulfone groups is 1. The Morgan fingerprint density at radius 1 is 1.15 bits per heavy atom. The summed E-state index contributed by atoms with van der Waals surface area (Å²) in [5.41, 5.74) is 9.11. The number of anilines is 2. The van der Waals surface area contributed by atoms with Gasteiger partial charge in [-0.25, -0.2) is 8.42 Å². The van der Waals surface area contributed by atoms with Crippen LogP contribution in [0.15, 0.2) is 18.2 Å². The van der Waals surface area contributed by atoms with Gasteiger partial charge in [0.25, 0.3) is 0 Å². The van der Waals surface area contributed by atoms with Crippen LogP contribution in [0.4, 0.5) is 11.4 Å². The molecule has 1 unspecified atom stereocenters. The quantitative estimate of drug-likeness (QED) is 0.794. The van der Waals surface area contributed by atoms with Gasteiger partial charge < -0.3 is 15.5 Å². The van der Waals surface area contributed by atoms with Crippen molar-refractivity contribution < 1.29 is 13.2 Å². The summed E-state index contributed by atoms with van der Waals surface area (Å²) in [6.07, 6.45) is 6.73. The van der Waals surface area contributed by atoms with Gasteiger partial charge in [0.15, 0.2) is 9.84 Å². The molecule has 0 bridgehead atoms. The minimum atomic E-state index is -3.01. The molecule has 1 aromatic carbocycles. The fourth-order valence-corrected chi connectivity index (χ4v) is 6.73. The number of nitrogen functional groups attached to an aromatic ring is 1. The van der Waals surface area contributed by atoms with Gasteiger partial charge in [0.2, 0.25) is 5.91 Å². The summed E-state index contributed by atoms with van der Waals surface area (Å²) < 4.78 is 24.0. The van der Waals surface area contributed by atoms with Crippen LogP contribution in [0.2, 0.25) is 0 Å². The second-order valence-corrected chi connectivity index (χ2v) is 10.4. The lowest BCUT2D eigenvalue weighted by Gasteiger charge is -2.38. The predicted molar refractivity (Wildman–Crippen MR) is 108 cm³/mol. The summed E-state index contributed by atoms with van der Waals surface area (Å²) in [4.78, 5) is 17.4. The van der Waals surface area contributed by atoms with Gasteiger partial charge in [-0.05, 0) is 49.8 Å². The van der Waals surface area contributed by atoms with Crippen molar-refractivity contribution in [1.29, 1.82) is 0 Å². The van der Waals surface area contributed by atoms with E-state index in [0.29, 0.717) is 13.0 Å². The first-order valence-corrected chi connectivity index (χ1v) is 11.9. The van der Waals surface area contributed by atoms with Crippen molar-refractivity contribution in [3.8, 4) is 0 Å². The zero-order chi connectivity index (χ0) is 19.0. The van der Waals surface area contributed by atoms with Crippen LogP contribution in [0.25, 0.3) is 0 Å². The molecule has 1 saturated heterocycles. The number of fused-ring (bicyclic) bond motifs is 1. The maximum absolute atomic E-state index is 13.3. The number of nitrogens with zero attached hydrogens (tertiary/aromatic N) is 2. The molecule has 2 heterocycles. The molecule has 7 heteroatoms. The lowest BCUT2D eigenvalue weighted by atomic mass is 9.99. The Morgan fingerprint density at radius 2 is 1.93 bits per heavy atom. The molecule has 0 radical (unpaired) electrons. The normalized spacial score (nSPS) is 24.7. The fourth-order valence-electron chi connectivity index (χ4n) is 5.02. The van der Waals surface area contributed by atoms with E-state index in [9.17, 15) is 13.2 Å². The molecule has 2 N–H and O–H groups in total. The highest BCUT2D eigenvalue weighted by Crippen LogP contribution is 2.33. The van der Waals surface area contributed by atoms with Crippen LogP contribution >= 0.6 is 0 Å². The Bertz CT molecular complexity index is 818. The highest BCUT2D eigenvalue weighted by Gasteiger charge is 2.39. The van der Waals surface area contributed by atoms with Gasteiger partial charge >= 0.3 is 0 Å². The van der Waals surface area contributed by atoms with Crippen LogP contribution in [0, 0.1) is 0 Å². The molecule has 6 nitrogen and oxygen atoms in total. The third-order valence-corrected chi connectivity index (χ3v) is 8.07. The van der Waals surface area contributed by atoms with Crippen LogP contribution in [0.3, 0.4) is 0 Å². The van der Waals surface area contributed by atoms with E-state index in [-0.39, 0.29) is 29.5 Å². The molecule has 0 aromatic heterocycles. The molecular weight excluding hydrogens is 362 g/mol. The van der Waals surface area contributed by atoms with E-state index in [1.54, 1.807) is 0 Å². The summed E-state index contributed by atoms with van der Waals surface area (Å²) in [6.45, 7) is 1.15. The molecule has 27 heavy (non-hydrogen) atoms. The van der Waals surface area contributed by atoms with E-state index in [0.717, 1.165) is 62.0 Å². The minimum absolute atomic E-state index is 0.0688. The number of benzene rings is 1. The van der Waals surface area contributed by atoms with Crippen LogP contribution < -0.4 is 10.6 Å². The average molecular weight is 392 g/mol. The maximum atomic E-state index is 13.3. The molecule has 4 rings (SSSR count). The van der Waals surface area contributed by atoms with Gasteiger partial charge in [-0.2, -0.15) is 0 Å². The highest BCUT2D eigenvalue weighted by atomic mass is 32.2. The Labute approximate surface area is 161 Å². The van der Waals surface area contributed by atoms with E-state index < -0.39 is 9.84 Å². The third kappa shape index (κ3) is 3.79. The van der Waals surface area contributed by atoms with Crippen molar-refractivity contribution >= 4 is 27.1 Å². The zero-order valence-corrected chi connectivity index (χ0v) is 16.6. The van der Waals surface area contributed by atoms with E-state index in [1.807, 2.05) is 23.1 Å². The van der Waals surface area contributed by atoms with Gasteiger partial charge in [0.05, 0.1) is 18.1 Å². The largest absolute Gasteiger partial charge is 0.398 e. The van der Waals surface area contributed by atoms with Gasteiger partial charge in [0.1, 0.15) is 0 Å². The molecule has 3 aliphatic rings. The number of amides is 1. The minimum Gasteiger partial charge on any atom is -0.398 e. The van der Waals surface area contributed by atoms with Gasteiger partial charge in [-0.3, -0.25) is 4.79 Å². The van der Waals surface area contributed by atoms with Crippen molar-refractivity contribution in [2.75, 3.05) is 35.2 Å². The molecule has 2 aliphatic heterocycles. The van der Waals surface area contributed by atoms with Gasteiger partial charge in [0, 0.05) is 30.0 Å². The number of carbonyl (C=O) groups is 1. The highest BCUT2D eigenvalue weighted by molar-refractivity contribution is 7.91. The first kappa shape index (κ1) is 18.6. The molecule has 2 fully saturated rings. The van der Waals surface area contributed by atoms with Crippen molar-refractivity contribution in [3.05, 3.63) is 23.8 Å². The number of nitrogens with two attached hydrogens (primary N) is 1. The first-order chi connectivity index (χ1) is 12.9. The summed E-state index contributed by atoms with van der Waals surface area (Å²) in [5, 5.41) is 0. The third-order valence-electron chi connectivity index (χ3n) is 6.32. The number of rotatable bonds is 4. The van der Waals surface area contributed by atoms with Crippen molar-refractivity contribution in [1.82, 2.24) is 4.90 Å². The van der Waals surface area contributed by atoms with Crippen molar-refractivity contribution in [3.63, 3.8) is 0 Å². The van der Waals surface area contributed by atoms with Crippen LogP contribution in [0.1, 0.15) is 44.1 Å². The lowest BCUT2D eigenvalue weighted by Crippen LogP contribution is -2.51. The molecule has 1 aromatic rings. The fraction of sp³-hybridized carbons (Fsp3) is 0.650. The zero-order valence-electron chi connectivity index (χ0n) is 15.8. The monoisotopic (exact) mass is 391 g/mol.